The predicted octanol–water partition coefficient (Wildman–Crippen LogP) is 2.94. The molecule has 0 amide bonds. The van der Waals surface area contributed by atoms with Crippen LogP contribution >= 0.6 is 0 Å². The number of aromatic nitrogens is 4. The molecule has 0 aliphatic carbocycles. The van der Waals surface area contributed by atoms with Gasteiger partial charge in [0, 0.05) is 29.6 Å². The highest BCUT2D eigenvalue weighted by molar-refractivity contribution is 7.93. The Kier molecular flexibility index (Phi) is 5.31. The van der Waals surface area contributed by atoms with Gasteiger partial charge in [0.15, 0.2) is 0 Å². The summed E-state index contributed by atoms with van der Waals surface area (Å²) in [5.41, 5.74) is 1.42. The van der Waals surface area contributed by atoms with Crippen molar-refractivity contribution in [2.24, 2.45) is 0 Å². The highest BCUT2D eigenvalue weighted by Crippen LogP contribution is 2.32. The highest BCUT2D eigenvalue weighted by Gasteiger charge is 2.25. The molecule has 4 rings (SSSR count). The minimum atomic E-state index is -4.19. The lowest BCUT2D eigenvalue weighted by atomic mass is 10.1. The number of hydrogen-bond donors (Lipinski definition) is 3. The molecule has 0 radical (unpaired) electrons. The van der Waals surface area contributed by atoms with Crippen molar-refractivity contribution in [2.45, 2.75) is 17.7 Å². The van der Waals surface area contributed by atoms with Crippen molar-refractivity contribution in [3.05, 3.63) is 35.7 Å². The second kappa shape index (κ2) is 7.97. The summed E-state index contributed by atoms with van der Waals surface area (Å²) in [5, 5.41) is 10.2. The van der Waals surface area contributed by atoms with Crippen LogP contribution < -0.4 is 14.2 Å². The molecule has 0 fully saturated rings. The first-order valence-electron chi connectivity index (χ1n) is 9.10. The Labute approximate surface area is 180 Å². The molecular weight excluding hydrogens is 446 g/mol. The zero-order valence-electron chi connectivity index (χ0n) is 16.7. The van der Waals surface area contributed by atoms with E-state index in [2.05, 4.69) is 30.7 Å². The first-order chi connectivity index (χ1) is 15.3. The molecule has 0 aliphatic heterocycles. The van der Waals surface area contributed by atoms with E-state index >= 15 is 0 Å². The van der Waals surface area contributed by atoms with E-state index < -0.39 is 28.8 Å². The second-order valence-electron chi connectivity index (χ2n) is 6.62. The number of ether oxygens (including phenoxy) is 2. The van der Waals surface area contributed by atoms with Crippen molar-refractivity contribution >= 4 is 37.8 Å². The number of hydrogen-bond acceptors (Lipinski definition) is 7. The number of sulfonamides is 1. The van der Waals surface area contributed by atoms with E-state index in [0.29, 0.717) is 27.4 Å². The fourth-order valence-electron chi connectivity index (χ4n) is 3.42. The number of nitrogens with zero attached hydrogens (tertiary/aromatic N) is 3. The van der Waals surface area contributed by atoms with Crippen LogP contribution in [0.2, 0.25) is 0 Å². The maximum absolute atomic E-state index is 13.1. The van der Waals surface area contributed by atoms with Gasteiger partial charge in [-0.05, 0) is 0 Å². The lowest BCUT2D eigenvalue weighted by molar-refractivity contribution is 0.146. The summed E-state index contributed by atoms with van der Waals surface area (Å²) in [4.78, 5) is 13.6. The standard InChI is InChI=1S/C19H16F2N6O4S/c1-30-17-12(5-14(20)21)18(31-2)26-19(25-17)27-32(28,29)13-8-24-16-11(13)4-3-10-9(6-22)7-23-15(10)16/h3-4,7-8,14,23-24H,5H2,1-2H3,(H,25,26,27). The first-order valence-corrected chi connectivity index (χ1v) is 10.6. The summed E-state index contributed by atoms with van der Waals surface area (Å²) in [6.45, 7) is 0. The molecule has 0 aliphatic rings. The van der Waals surface area contributed by atoms with Crippen LogP contribution in [0.3, 0.4) is 0 Å². The summed E-state index contributed by atoms with van der Waals surface area (Å²) in [5.74, 6) is -0.865. The number of benzene rings is 1. The minimum Gasteiger partial charge on any atom is -0.481 e. The molecule has 0 atom stereocenters. The number of fused-ring (bicyclic) bond motifs is 3. The molecule has 166 valence electrons. The maximum Gasteiger partial charge on any atom is 0.266 e. The van der Waals surface area contributed by atoms with Gasteiger partial charge in [0.25, 0.3) is 10.0 Å². The van der Waals surface area contributed by atoms with E-state index in [4.69, 9.17) is 9.47 Å². The number of H-pyrrole nitrogens is 2. The van der Waals surface area contributed by atoms with Crippen molar-refractivity contribution in [1.82, 2.24) is 19.9 Å². The Morgan fingerprint density at radius 1 is 1.09 bits per heavy atom. The van der Waals surface area contributed by atoms with Gasteiger partial charge < -0.3 is 19.4 Å². The minimum absolute atomic E-state index is 0.0810. The normalized spacial score (nSPS) is 11.8. The molecule has 1 aromatic carbocycles. The summed E-state index contributed by atoms with van der Waals surface area (Å²) in [6.07, 6.45) is -0.607. The van der Waals surface area contributed by atoms with Gasteiger partial charge in [-0.2, -0.15) is 15.2 Å². The third-order valence-corrected chi connectivity index (χ3v) is 6.15. The fourth-order valence-corrected chi connectivity index (χ4v) is 4.53. The van der Waals surface area contributed by atoms with Crippen LogP contribution in [0.25, 0.3) is 21.8 Å². The van der Waals surface area contributed by atoms with Gasteiger partial charge in [0.1, 0.15) is 11.0 Å². The molecular formula is C19H16F2N6O4S. The smallest absolute Gasteiger partial charge is 0.266 e. The quantitative estimate of drug-likeness (QED) is 0.383. The lowest BCUT2D eigenvalue weighted by Crippen LogP contribution is -2.16. The molecule has 0 saturated heterocycles. The number of nitrogens with one attached hydrogen (secondary N) is 3. The summed E-state index contributed by atoms with van der Waals surface area (Å²) in [6, 6.07) is 5.27. The van der Waals surface area contributed by atoms with Gasteiger partial charge >= 0.3 is 0 Å². The van der Waals surface area contributed by atoms with Crippen LogP contribution in [0.5, 0.6) is 11.8 Å². The van der Waals surface area contributed by atoms with E-state index in [9.17, 15) is 22.5 Å². The van der Waals surface area contributed by atoms with Gasteiger partial charge in [-0.25, -0.2) is 21.9 Å². The van der Waals surface area contributed by atoms with Crippen LogP contribution in [0.15, 0.2) is 29.4 Å². The zero-order chi connectivity index (χ0) is 23.0. The molecule has 13 heteroatoms. The van der Waals surface area contributed by atoms with Crippen molar-refractivity contribution in [3.8, 4) is 17.8 Å². The molecule has 32 heavy (non-hydrogen) atoms. The Morgan fingerprint density at radius 3 is 2.28 bits per heavy atom. The molecule has 0 spiro atoms. The molecule has 0 saturated carbocycles. The monoisotopic (exact) mass is 462 g/mol. The molecule has 10 nitrogen and oxygen atoms in total. The van der Waals surface area contributed by atoms with E-state index in [1.54, 1.807) is 12.1 Å². The molecule has 3 heterocycles. The summed E-state index contributed by atoms with van der Waals surface area (Å²) < 4.78 is 64.2. The number of rotatable bonds is 7. The number of aromatic amines is 2. The van der Waals surface area contributed by atoms with Crippen LogP contribution in [0, 0.1) is 11.3 Å². The van der Waals surface area contributed by atoms with Gasteiger partial charge in [-0.15, -0.1) is 0 Å². The van der Waals surface area contributed by atoms with Crippen LogP contribution in [-0.4, -0.2) is 49.0 Å². The molecule has 3 N–H and O–H groups in total. The Balaban J connectivity index is 1.77. The molecule has 0 unspecified atom stereocenters. The molecule has 4 aromatic rings. The van der Waals surface area contributed by atoms with Gasteiger partial charge in [-0.3, -0.25) is 0 Å². The van der Waals surface area contributed by atoms with Crippen LogP contribution in [0.1, 0.15) is 11.1 Å². The first kappa shape index (κ1) is 21.3. The molecule has 0 bridgehead atoms. The van der Waals surface area contributed by atoms with E-state index in [1.165, 1.54) is 26.6 Å². The zero-order valence-corrected chi connectivity index (χ0v) is 17.5. The van der Waals surface area contributed by atoms with Crippen LogP contribution in [0.4, 0.5) is 14.7 Å². The molecule has 3 aromatic heterocycles. The number of alkyl halides is 2. The topological polar surface area (TPSA) is 146 Å². The van der Waals surface area contributed by atoms with Gasteiger partial charge in [-0.1, -0.05) is 12.1 Å². The van der Waals surface area contributed by atoms with Gasteiger partial charge in [0.2, 0.25) is 24.1 Å². The third kappa shape index (κ3) is 3.54. The average molecular weight is 462 g/mol. The van der Waals surface area contributed by atoms with Crippen molar-refractivity contribution in [1.29, 1.82) is 5.26 Å². The number of halogens is 2. The van der Waals surface area contributed by atoms with E-state index in [1.807, 2.05) is 0 Å². The summed E-state index contributed by atoms with van der Waals surface area (Å²) in [7, 11) is -1.77. The Morgan fingerprint density at radius 2 is 1.69 bits per heavy atom. The number of anilines is 1. The van der Waals surface area contributed by atoms with Crippen molar-refractivity contribution in [3.63, 3.8) is 0 Å². The highest BCUT2D eigenvalue weighted by atomic mass is 32.2. The fraction of sp³-hybridized carbons (Fsp3) is 0.211. The van der Waals surface area contributed by atoms with Crippen molar-refractivity contribution in [2.75, 3.05) is 18.9 Å². The maximum atomic E-state index is 13.1. The number of methoxy groups -OCH3 is 2. The average Bonchev–Trinajstić information content (AvgIpc) is 3.37. The number of nitriles is 1. The predicted molar refractivity (Wildman–Crippen MR) is 111 cm³/mol. The van der Waals surface area contributed by atoms with Gasteiger partial charge in [0.05, 0.1) is 36.4 Å². The SMILES string of the molecule is COc1nc(NS(=O)(=O)c2c[nH]c3c2ccc2c(C#N)c[nH]c23)nc(OC)c1CC(F)F. The Hall–Kier alpha value is -3.92. The largest absolute Gasteiger partial charge is 0.481 e. The second-order valence-corrected chi connectivity index (χ2v) is 8.27. The summed E-state index contributed by atoms with van der Waals surface area (Å²) >= 11 is 0. The third-order valence-electron chi connectivity index (χ3n) is 4.78. The van der Waals surface area contributed by atoms with Crippen LogP contribution in [-0.2, 0) is 16.4 Å². The lowest BCUT2D eigenvalue weighted by Gasteiger charge is -2.13. The van der Waals surface area contributed by atoms with Crippen molar-refractivity contribution < 1.29 is 26.7 Å². The van der Waals surface area contributed by atoms with E-state index in [0.717, 1.165) is 0 Å². The Bertz CT molecular complexity index is 1450. The van der Waals surface area contributed by atoms with E-state index in [-0.39, 0.29) is 22.2 Å².